The molecule has 0 saturated heterocycles. The molecular formula is C26H36N4O4. The molecule has 3 N–H and O–H groups in total. The van der Waals surface area contributed by atoms with Crippen LogP contribution in [0.1, 0.15) is 44.7 Å². The van der Waals surface area contributed by atoms with Crippen molar-refractivity contribution in [2.24, 2.45) is 5.10 Å². The number of aliphatic hydroxyl groups is 1. The van der Waals surface area contributed by atoms with Gasteiger partial charge in [-0.1, -0.05) is 24.3 Å². The molecule has 2 aromatic carbocycles. The monoisotopic (exact) mass is 468 g/mol. The fourth-order valence-electron chi connectivity index (χ4n) is 3.62. The number of hydroxylamine groups is 2. The number of hydrazone groups is 1. The number of carbonyl (C=O) groups excluding carboxylic acids is 1. The summed E-state index contributed by atoms with van der Waals surface area (Å²) in [5.41, 5.74) is 6.10. The van der Waals surface area contributed by atoms with Crippen LogP contribution in [0.2, 0.25) is 0 Å². The van der Waals surface area contributed by atoms with Gasteiger partial charge in [-0.15, -0.1) is 5.06 Å². The maximum atomic E-state index is 11.3. The second-order valence-electron chi connectivity index (χ2n) is 9.23. The Kier molecular flexibility index (Phi) is 9.04. The molecule has 184 valence electrons. The zero-order valence-electron chi connectivity index (χ0n) is 20.5. The molecule has 0 aromatic heterocycles. The van der Waals surface area contributed by atoms with Crippen LogP contribution in [0.5, 0.6) is 5.75 Å². The Hall–Kier alpha value is -2.94. The van der Waals surface area contributed by atoms with Crippen molar-refractivity contribution in [2.45, 2.75) is 51.7 Å². The number of methoxy groups -OCH3 is 1. The van der Waals surface area contributed by atoms with Gasteiger partial charge < -0.3 is 20.0 Å². The van der Waals surface area contributed by atoms with Crippen LogP contribution in [0.15, 0.2) is 53.6 Å². The summed E-state index contributed by atoms with van der Waals surface area (Å²) in [5, 5.41) is 19.5. The van der Waals surface area contributed by atoms with Gasteiger partial charge in [0.15, 0.2) is 0 Å². The number of hydrogen-bond acceptors (Lipinski definition) is 7. The number of amides is 1. The van der Waals surface area contributed by atoms with Crippen LogP contribution < -0.4 is 15.6 Å². The van der Waals surface area contributed by atoms with Crippen LogP contribution in [-0.4, -0.2) is 60.2 Å². The van der Waals surface area contributed by atoms with Gasteiger partial charge in [0, 0.05) is 32.2 Å². The standard InChI is InChI=1S/C26H36N4O4/c1-19(31)17-30(34-23-7-5-6-20(16-23)14-15-33-4)26(2,3)18-27-22-10-8-21(9-11-22)24-12-13-25(32)29-28-24/h5-11,16,19,27,31H,12-15,17-18H2,1-4H3,(H,29,32). The number of nitrogens with one attached hydrogen (secondary N) is 2. The third-order valence-corrected chi connectivity index (χ3v) is 5.66. The van der Waals surface area contributed by atoms with Crippen LogP contribution in [0.25, 0.3) is 0 Å². The lowest BCUT2D eigenvalue weighted by Crippen LogP contribution is -2.53. The number of hydrogen-bond donors (Lipinski definition) is 3. The van der Waals surface area contributed by atoms with Crippen LogP contribution in [0.3, 0.4) is 0 Å². The number of ether oxygens (including phenoxy) is 1. The van der Waals surface area contributed by atoms with Crippen LogP contribution in [0, 0.1) is 0 Å². The van der Waals surface area contributed by atoms with Gasteiger partial charge >= 0.3 is 0 Å². The Balaban J connectivity index is 1.64. The van der Waals surface area contributed by atoms with E-state index in [2.05, 4.69) is 29.7 Å². The zero-order valence-corrected chi connectivity index (χ0v) is 20.5. The van der Waals surface area contributed by atoms with Gasteiger partial charge in [0.25, 0.3) is 0 Å². The highest BCUT2D eigenvalue weighted by molar-refractivity contribution is 6.04. The van der Waals surface area contributed by atoms with E-state index in [1.54, 1.807) is 14.0 Å². The predicted octanol–water partition coefficient (Wildman–Crippen LogP) is 3.36. The Morgan fingerprint density at radius 2 is 1.97 bits per heavy atom. The van der Waals surface area contributed by atoms with Gasteiger partial charge in [0.1, 0.15) is 5.75 Å². The average Bonchev–Trinajstić information content (AvgIpc) is 2.82. The Bertz CT molecular complexity index is 973. The topological polar surface area (TPSA) is 95.4 Å². The second kappa shape index (κ2) is 12.0. The Morgan fingerprint density at radius 3 is 2.62 bits per heavy atom. The molecule has 1 aliphatic rings. The first-order valence-electron chi connectivity index (χ1n) is 11.7. The average molecular weight is 469 g/mol. The summed E-state index contributed by atoms with van der Waals surface area (Å²) in [7, 11) is 1.69. The van der Waals surface area contributed by atoms with Gasteiger partial charge in [0.2, 0.25) is 5.91 Å². The lowest BCUT2D eigenvalue weighted by molar-refractivity contribution is -0.144. The van der Waals surface area contributed by atoms with E-state index in [-0.39, 0.29) is 5.91 Å². The molecule has 1 aliphatic heterocycles. The highest BCUT2D eigenvalue weighted by atomic mass is 16.7. The SMILES string of the molecule is COCCc1cccc(ON(CC(C)O)C(C)(C)CNc2ccc(C3=NNC(=O)CC3)cc2)c1. The summed E-state index contributed by atoms with van der Waals surface area (Å²) in [5.74, 6) is 0.682. The van der Waals surface area contributed by atoms with Gasteiger partial charge in [-0.3, -0.25) is 4.79 Å². The summed E-state index contributed by atoms with van der Waals surface area (Å²) in [6.45, 7) is 7.51. The van der Waals surface area contributed by atoms with Crippen molar-refractivity contribution in [2.75, 3.05) is 32.1 Å². The van der Waals surface area contributed by atoms with Crippen molar-refractivity contribution in [1.29, 1.82) is 0 Å². The number of benzene rings is 2. The minimum absolute atomic E-state index is 0.0464. The molecule has 1 atom stereocenters. The van der Waals surface area contributed by atoms with Crippen molar-refractivity contribution in [3.63, 3.8) is 0 Å². The third kappa shape index (κ3) is 7.55. The third-order valence-electron chi connectivity index (χ3n) is 5.66. The van der Waals surface area contributed by atoms with E-state index in [9.17, 15) is 9.90 Å². The minimum atomic E-state index is -0.549. The maximum Gasteiger partial charge on any atom is 0.240 e. The largest absolute Gasteiger partial charge is 0.405 e. The van der Waals surface area contributed by atoms with Gasteiger partial charge in [-0.2, -0.15) is 5.10 Å². The van der Waals surface area contributed by atoms with Crippen LogP contribution in [-0.2, 0) is 16.0 Å². The van der Waals surface area contributed by atoms with Crippen LogP contribution in [0.4, 0.5) is 5.69 Å². The molecule has 0 bridgehead atoms. The van der Waals surface area contributed by atoms with Gasteiger partial charge in [0.05, 0.1) is 30.5 Å². The quantitative estimate of drug-likeness (QED) is 0.414. The Labute approximate surface area is 201 Å². The van der Waals surface area contributed by atoms with E-state index in [0.29, 0.717) is 32.5 Å². The highest BCUT2D eigenvalue weighted by Gasteiger charge is 2.30. The minimum Gasteiger partial charge on any atom is -0.405 e. The van der Waals surface area contributed by atoms with Crippen molar-refractivity contribution in [3.8, 4) is 5.75 Å². The van der Waals surface area contributed by atoms with E-state index in [0.717, 1.165) is 34.7 Å². The number of anilines is 1. The molecule has 8 heteroatoms. The normalized spacial score (nSPS) is 15.0. The fraction of sp³-hybridized carbons (Fsp3) is 0.462. The number of β-amino-alcohol motifs (C(OH)–C–C–N with tert-alkyl or cyclic N) is 1. The Morgan fingerprint density at radius 1 is 1.21 bits per heavy atom. The summed E-state index contributed by atoms with van der Waals surface area (Å²) >= 11 is 0. The first kappa shape index (κ1) is 25.7. The molecule has 0 radical (unpaired) electrons. The first-order chi connectivity index (χ1) is 16.3. The summed E-state index contributed by atoms with van der Waals surface area (Å²) in [6.07, 6.45) is 1.36. The summed E-state index contributed by atoms with van der Waals surface area (Å²) < 4.78 is 5.18. The van der Waals surface area contributed by atoms with E-state index in [4.69, 9.17) is 9.57 Å². The molecule has 1 amide bonds. The molecule has 1 unspecified atom stereocenters. The zero-order chi connectivity index (χ0) is 24.6. The molecule has 3 rings (SSSR count). The first-order valence-corrected chi connectivity index (χ1v) is 11.7. The maximum absolute atomic E-state index is 11.3. The summed E-state index contributed by atoms with van der Waals surface area (Å²) in [6, 6.07) is 16.0. The lowest BCUT2D eigenvalue weighted by Gasteiger charge is -2.38. The van der Waals surface area contributed by atoms with Crippen molar-refractivity contribution >= 4 is 17.3 Å². The van der Waals surface area contributed by atoms with Gasteiger partial charge in [-0.25, -0.2) is 5.43 Å². The van der Waals surface area contributed by atoms with E-state index in [1.165, 1.54) is 0 Å². The van der Waals surface area contributed by atoms with Crippen molar-refractivity contribution < 1.29 is 19.5 Å². The molecule has 0 spiro atoms. The highest BCUT2D eigenvalue weighted by Crippen LogP contribution is 2.23. The molecule has 0 aliphatic carbocycles. The van der Waals surface area contributed by atoms with E-state index < -0.39 is 11.6 Å². The number of aliphatic hydroxyl groups excluding tert-OH is 1. The molecule has 1 heterocycles. The van der Waals surface area contributed by atoms with E-state index >= 15 is 0 Å². The smallest absolute Gasteiger partial charge is 0.240 e. The predicted molar refractivity (Wildman–Crippen MR) is 134 cm³/mol. The molecule has 2 aromatic rings. The molecule has 0 fully saturated rings. The van der Waals surface area contributed by atoms with Crippen molar-refractivity contribution in [1.82, 2.24) is 10.5 Å². The lowest BCUT2D eigenvalue weighted by atomic mass is 10.0. The number of nitrogens with zero attached hydrogens (tertiary/aromatic N) is 2. The van der Waals surface area contributed by atoms with Crippen LogP contribution >= 0.6 is 0 Å². The molecule has 0 saturated carbocycles. The molecule has 34 heavy (non-hydrogen) atoms. The number of rotatable bonds is 12. The van der Waals surface area contributed by atoms with Crippen molar-refractivity contribution in [3.05, 3.63) is 59.7 Å². The van der Waals surface area contributed by atoms with Gasteiger partial charge in [-0.05, 0) is 62.6 Å². The number of carbonyl (C=O) groups is 1. The molecule has 8 nitrogen and oxygen atoms in total. The summed E-state index contributed by atoms with van der Waals surface area (Å²) in [4.78, 5) is 17.6. The molecular weight excluding hydrogens is 432 g/mol. The van der Waals surface area contributed by atoms with E-state index in [1.807, 2.05) is 53.6 Å². The fourth-order valence-corrected chi connectivity index (χ4v) is 3.62. The second-order valence-corrected chi connectivity index (χ2v) is 9.23.